The van der Waals surface area contributed by atoms with Crippen LogP contribution < -0.4 is 10.2 Å². The minimum atomic E-state index is -1.11. The first kappa shape index (κ1) is 16.0. The van der Waals surface area contributed by atoms with E-state index >= 15 is 0 Å². The van der Waals surface area contributed by atoms with Gasteiger partial charge in [0, 0.05) is 10.7 Å². The summed E-state index contributed by atoms with van der Waals surface area (Å²) in [5.74, 6) is -1.92. The molecule has 1 heterocycles. The molecule has 1 atom stereocenters. The molecule has 0 aromatic heterocycles. The van der Waals surface area contributed by atoms with Gasteiger partial charge in [0.05, 0.1) is 17.7 Å². The SMILES string of the molecule is O=C(O)c1ccccc1NC1CC(=O)N(c2cccc(Cl)c2)C1=O. The van der Waals surface area contributed by atoms with Crippen LogP contribution in [0.3, 0.4) is 0 Å². The molecule has 0 aliphatic carbocycles. The van der Waals surface area contributed by atoms with Crippen LogP contribution in [0, 0.1) is 0 Å². The van der Waals surface area contributed by atoms with Crippen molar-refractivity contribution >= 4 is 40.8 Å². The van der Waals surface area contributed by atoms with Gasteiger partial charge >= 0.3 is 5.97 Å². The van der Waals surface area contributed by atoms with Crippen LogP contribution in [0.15, 0.2) is 48.5 Å². The molecule has 2 N–H and O–H groups in total. The second-order valence-corrected chi connectivity index (χ2v) is 5.74. The molecule has 1 aliphatic rings. The molecule has 2 aromatic carbocycles. The van der Waals surface area contributed by atoms with Crippen molar-refractivity contribution in [2.45, 2.75) is 12.5 Å². The van der Waals surface area contributed by atoms with E-state index in [1.54, 1.807) is 36.4 Å². The summed E-state index contributed by atoms with van der Waals surface area (Å²) in [6.45, 7) is 0. The molecule has 1 saturated heterocycles. The van der Waals surface area contributed by atoms with E-state index in [4.69, 9.17) is 11.6 Å². The summed E-state index contributed by atoms with van der Waals surface area (Å²) in [4.78, 5) is 37.1. The number of nitrogens with zero attached hydrogens (tertiary/aromatic N) is 1. The van der Waals surface area contributed by atoms with Crippen molar-refractivity contribution in [2.75, 3.05) is 10.2 Å². The van der Waals surface area contributed by atoms with E-state index in [9.17, 15) is 19.5 Å². The first-order valence-electron chi connectivity index (χ1n) is 7.18. The quantitative estimate of drug-likeness (QED) is 0.833. The number of carbonyl (C=O) groups is 3. The van der Waals surface area contributed by atoms with Gasteiger partial charge in [-0.2, -0.15) is 0 Å². The Morgan fingerprint density at radius 3 is 2.62 bits per heavy atom. The van der Waals surface area contributed by atoms with Crippen molar-refractivity contribution in [2.24, 2.45) is 0 Å². The van der Waals surface area contributed by atoms with Crippen LogP contribution >= 0.6 is 11.6 Å². The Bertz CT molecular complexity index is 837. The normalized spacial score (nSPS) is 17.2. The second-order valence-electron chi connectivity index (χ2n) is 5.30. The van der Waals surface area contributed by atoms with Crippen molar-refractivity contribution < 1.29 is 19.5 Å². The van der Waals surface area contributed by atoms with Crippen LogP contribution in [0.1, 0.15) is 16.8 Å². The predicted molar refractivity (Wildman–Crippen MR) is 89.4 cm³/mol. The highest BCUT2D eigenvalue weighted by molar-refractivity contribution is 6.31. The van der Waals surface area contributed by atoms with Crippen molar-refractivity contribution in [1.82, 2.24) is 0 Å². The van der Waals surface area contributed by atoms with E-state index in [0.717, 1.165) is 4.90 Å². The first-order chi connectivity index (χ1) is 11.5. The van der Waals surface area contributed by atoms with Crippen LogP contribution in [0.4, 0.5) is 11.4 Å². The standard InChI is InChI=1S/C17H13ClN2O4/c18-10-4-3-5-11(8-10)20-15(21)9-14(16(20)22)19-13-7-2-1-6-12(13)17(23)24/h1-8,14,19H,9H2,(H,23,24). The largest absolute Gasteiger partial charge is 0.478 e. The molecule has 0 spiro atoms. The lowest BCUT2D eigenvalue weighted by Gasteiger charge is -2.17. The number of aromatic carboxylic acids is 1. The Morgan fingerprint density at radius 2 is 1.92 bits per heavy atom. The van der Waals surface area contributed by atoms with Crippen molar-refractivity contribution in [3.8, 4) is 0 Å². The molecular weight excluding hydrogens is 332 g/mol. The van der Waals surface area contributed by atoms with Gasteiger partial charge in [-0.15, -0.1) is 0 Å². The summed E-state index contributed by atoms with van der Waals surface area (Å²) < 4.78 is 0. The predicted octanol–water partition coefficient (Wildman–Crippen LogP) is 2.78. The number of carboxylic acids is 1. The first-order valence-corrected chi connectivity index (χ1v) is 7.56. The van der Waals surface area contributed by atoms with E-state index in [0.29, 0.717) is 16.4 Å². The third-order valence-corrected chi connectivity index (χ3v) is 3.94. The van der Waals surface area contributed by atoms with Gasteiger partial charge in [0.15, 0.2) is 0 Å². The molecule has 1 aliphatic heterocycles. The highest BCUT2D eigenvalue weighted by atomic mass is 35.5. The van der Waals surface area contributed by atoms with Crippen LogP contribution in [-0.4, -0.2) is 28.9 Å². The zero-order valence-electron chi connectivity index (χ0n) is 12.4. The van der Waals surface area contributed by atoms with E-state index in [2.05, 4.69) is 5.32 Å². The number of halogens is 1. The smallest absolute Gasteiger partial charge is 0.337 e. The molecule has 6 nitrogen and oxygen atoms in total. The van der Waals surface area contributed by atoms with E-state index in [-0.39, 0.29) is 17.9 Å². The molecule has 7 heteroatoms. The summed E-state index contributed by atoms with van der Waals surface area (Å²) >= 11 is 5.91. The molecule has 0 radical (unpaired) electrons. The number of amides is 2. The Balaban J connectivity index is 1.86. The highest BCUT2D eigenvalue weighted by Crippen LogP contribution is 2.27. The average Bonchev–Trinajstić information content (AvgIpc) is 2.81. The van der Waals surface area contributed by atoms with Crippen molar-refractivity contribution in [1.29, 1.82) is 0 Å². The summed E-state index contributed by atoms with van der Waals surface area (Å²) in [7, 11) is 0. The molecule has 0 saturated carbocycles. The maximum Gasteiger partial charge on any atom is 0.337 e. The maximum absolute atomic E-state index is 12.6. The van der Waals surface area contributed by atoms with Gasteiger partial charge in [-0.1, -0.05) is 29.8 Å². The van der Waals surface area contributed by atoms with E-state index < -0.39 is 17.9 Å². The zero-order chi connectivity index (χ0) is 17.3. The molecule has 2 amide bonds. The number of hydrogen-bond acceptors (Lipinski definition) is 4. The summed E-state index contributed by atoms with van der Waals surface area (Å²) in [6, 6.07) is 11.9. The highest BCUT2D eigenvalue weighted by Gasteiger charge is 2.40. The average molecular weight is 345 g/mol. The van der Waals surface area contributed by atoms with Gasteiger partial charge in [0.1, 0.15) is 6.04 Å². The fourth-order valence-corrected chi connectivity index (χ4v) is 2.80. The number of imide groups is 1. The number of carboxylic acid groups (broad SMARTS) is 1. The second kappa shape index (κ2) is 6.33. The minimum Gasteiger partial charge on any atom is -0.478 e. The number of carbonyl (C=O) groups excluding carboxylic acids is 2. The fraction of sp³-hybridized carbons (Fsp3) is 0.118. The fourth-order valence-electron chi connectivity index (χ4n) is 2.61. The van der Waals surface area contributed by atoms with Gasteiger partial charge in [0.25, 0.3) is 5.91 Å². The zero-order valence-corrected chi connectivity index (χ0v) is 13.2. The molecule has 1 unspecified atom stereocenters. The Morgan fingerprint density at radius 1 is 1.17 bits per heavy atom. The third-order valence-electron chi connectivity index (χ3n) is 3.70. The lowest BCUT2D eigenvalue weighted by Crippen LogP contribution is -2.35. The number of hydrogen-bond donors (Lipinski definition) is 2. The number of para-hydroxylation sites is 1. The molecule has 24 heavy (non-hydrogen) atoms. The Labute approximate surface area is 142 Å². The molecular formula is C17H13ClN2O4. The van der Waals surface area contributed by atoms with Crippen LogP contribution in [-0.2, 0) is 9.59 Å². The topological polar surface area (TPSA) is 86.7 Å². The number of benzene rings is 2. The molecule has 122 valence electrons. The van der Waals surface area contributed by atoms with E-state index in [1.807, 2.05) is 0 Å². The van der Waals surface area contributed by atoms with Gasteiger partial charge in [0.2, 0.25) is 5.91 Å². The molecule has 2 aromatic rings. The lowest BCUT2D eigenvalue weighted by atomic mass is 10.1. The molecule has 0 bridgehead atoms. The van der Waals surface area contributed by atoms with E-state index in [1.165, 1.54) is 12.1 Å². The molecule has 1 fully saturated rings. The number of anilines is 2. The van der Waals surface area contributed by atoms with Gasteiger partial charge in [-0.25, -0.2) is 9.69 Å². The monoisotopic (exact) mass is 344 g/mol. The number of nitrogens with one attached hydrogen (secondary N) is 1. The van der Waals surface area contributed by atoms with Crippen molar-refractivity contribution in [3.63, 3.8) is 0 Å². The van der Waals surface area contributed by atoms with Crippen LogP contribution in [0.2, 0.25) is 5.02 Å². The summed E-state index contributed by atoms with van der Waals surface area (Å²) in [5, 5.41) is 12.5. The third kappa shape index (κ3) is 2.96. The lowest BCUT2D eigenvalue weighted by molar-refractivity contribution is -0.121. The summed E-state index contributed by atoms with van der Waals surface area (Å²) in [5.41, 5.74) is 0.733. The van der Waals surface area contributed by atoms with Crippen LogP contribution in [0.25, 0.3) is 0 Å². The van der Waals surface area contributed by atoms with Crippen LogP contribution in [0.5, 0.6) is 0 Å². The maximum atomic E-state index is 12.6. The van der Waals surface area contributed by atoms with Crippen molar-refractivity contribution in [3.05, 3.63) is 59.1 Å². The van der Waals surface area contributed by atoms with Gasteiger partial charge < -0.3 is 10.4 Å². The Kier molecular flexibility index (Phi) is 4.22. The molecule has 3 rings (SSSR count). The number of rotatable bonds is 4. The van der Waals surface area contributed by atoms with Gasteiger partial charge in [-0.05, 0) is 30.3 Å². The Hall–Kier alpha value is -2.86. The minimum absolute atomic E-state index is 0.0407. The summed E-state index contributed by atoms with van der Waals surface area (Å²) in [6.07, 6.45) is -0.0563. The van der Waals surface area contributed by atoms with Gasteiger partial charge in [-0.3, -0.25) is 9.59 Å².